The summed E-state index contributed by atoms with van der Waals surface area (Å²) in [5.41, 5.74) is 2.85. The molecular weight excluding hydrogens is 332 g/mol. The number of para-hydroxylation sites is 2. The van der Waals surface area contributed by atoms with Gasteiger partial charge in [0.15, 0.2) is 11.0 Å². The maximum absolute atomic E-state index is 5.92. The fourth-order valence-corrected chi connectivity index (χ4v) is 3.13. The number of imidazole rings is 1. The minimum absolute atomic E-state index is 0.607. The van der Waals surface area contributed by atoms with E-state index in [1.54, 1.807) is 16.4 Å². The van der Waals surface area contributed by atoms with Gasteiger partial charge in [0.25, 0.3) is 0 Å². The van der Waals surface area contributed by atoms with Gasteiger partial charge in [0.1, 0.15) is 0 Å². The summed E-state index contributed by atoms with van der Waals surface area (Å²) in [5, 5.41) is 13.4. The third-order valence-corrected chi connectivity index (χ3v) is 4.43. The number of hydrogen-bond donors (Lipinski definition) is 1. The Bertz CT molecular complexity index is 913. The summed E-state index contributed by atoms with van der Waals surface area (Å²) >= 11 is 7.48. The third kappa shape index (κ3) is 2.93. The van der Waals surface area contributed by atoms with E-state index in [4.69, 9.17) is 11.6 Å². The van der Waals surface area contributed by atoms with Gasteiger partial charge in [0.2, 0.25) is 0 Å². The molecule has 2 aromatic heterocycles. The normalized spacial score (nSPS) is 11.2. The lowest BCUT2D eigenvalue weighted by atomic mass is 10.3. The van der Waals surface area contributed by atoms with Crippen LogP contribution in [0, 0.1) is 0 Å². The van der Waals surface area contributed by atoms with Crippen LogP contribution in [0.4, 0.5) is 0 Å². The molecule has 1 N–H and O–H groups in total. The van der Waals surface area contributed by atoms with Gasteiger partial charge in [0, 0.05) is 5.02 Å². The van der Waals surface area contributed by atoms with E-state index in [1.165, 1.54) is 0 Å². The molecular formula is C15H11ClN6S. The van der Waals surface area contributed by atoms with Crippen LogP contribution in [0.25, 0.3) is 16.7 Å². The SMILES string of the molecule is Clc1ccc(-n2nnnc2CSc2nc3ccccc3[nH]2)cc1. The van der Waals surface area contributed by atoms with Crippen molar-refractivity contribution in [2.24, 2.45) is 0 Å². The molecule has 4 aromatic rings. The molecule has 2 heterocycles. The van der Waals surface area contributed by atoms with Crippen molar-refractivity contribution in [3.05, 3.63) is 59.4 Å². The second kappa shape index (κ2) is 6.02. The fraction of sp³-hybridized carbons (Fsp3) is 0.0667. The molecule has 23 heavy (non-hydrogen) atoms. The first kappa shape index (κ1) is 14.2. The van der Waals surface area contributed by atoms with Crippen molar-refractivity contribution in [1.29, 1.82) is 0 Å². The first-order chi connectivity index (χ1) is 11.3. The summed E-state index contributed by atoms with van der Waals surface area (Å²) in [6.45, 7) is 0. The average Bonchev–Trinajstić information content (AvgIpc) is 3.19. The quantitative estimate of drug-likeness (QED) is 0.575. The van der Waals surface area contributed by atoms with E-state index in [0.29, 0.717) is 10.8 Å². The molecule has 0 unspecified atom stereocenters. The lowest BCUT2D eigenvalue weighted by Gasteiger charge is -2.03. The van der Waals surface area contributed by atoms with Gasteiger partial charge in [-0.2, -0.15) is 4.68 Å². The maximum atomic E-state index is 5.92. The van der Waals surface area contributed by atoms with Crippen LogP contribution in [-0.2, 0) is 5.75 Å². The highest BCUT2D eigenvalue weighted by atomic mass is 35.5. The highest BCUT2D eigenvalue weighted by Gasteiger charge is 2.10. The third-order valence-electron chi connectivity index (χ3n) is 3.31. The number of tetrazole rings is 1. The molecule has 2 aromatic carbocycles. The van der Waals surface area contributed by atoms with Crippen molar-refractivity contribution >= 4 is 34.4 Å². The highest BCUT2D eigenvalue weighted by Crippen LogP contribution is 2.23. The summed E-state index contributed by atoms with van der Waals surface area (Å²) in [4.78, 5) is 7.82. The smallest absolute Gasteiger partial charge is 0.167 e. The molecule has 0 amide bonds. The van der Waals surface area contributed by atoms with Gasteiger partial charge in [-0.15, -0.1) is 5.10 Å². The number of fused-ring (bicyclic) bond motifs is 1. The Balaban J connectivity index is 1.55. The van der Waals surface area contributed by atoms with Crippen LogP contribution >= 0.6 is 23.4 Å². The second-order valence-corrected chi connectivity index (χ2v) is 6.23. The van der Waals surface area contributed by atoms with Crippen molar-refractivity contribution in [3.63, 3.8) is 0 Å². The standard InChI is InChI=1S/C15H11ClN6S/c16-10-5-7-11(8-6-10)22-14(19-20-21-22)9-23-15-17-12-3-1-2-4-13(12)18-15/h1-8H,9H2,(H,17,18). The van der Waals surface area contributed by atoms with Crippen LogP contribution in [0.15, 0.2) is 53.7 Å². The number of nitrogens with one attached hydrogen (secondary N) is 1. The van der Waals surface area contributed by atoms with E-state index in [2.05, 4.69) is 25.5 Å². The Kier molecular flexibility index (Phi) is 3.72. The number of halogens is 1. The Morgan fingerprint density at radius 3 is 2.74 bits per heavy atom. The molecule has 0 aliphatic heterocycles. The monoisotopic (exact) mass is 342 g/mol. The lowest BCUT2D eigenvalue weighted by Crippen LogP contribution is -2.02. The number of hydrogen-bond acceptors (Lipinski definition) is 5. The van der Waals surface area contributed by atoms with Crippen LogP contribution < -0.4 is 0 Å². The number of benzene rings is 2. The molecule has 0 aliphatic carbocycles. The first-order valence-electron chi connectivity index (χ1n) is 6.90. The van der Waals surface area contributed by atoms with Gasteiger partial charge in [-0.1, -0.05) is 35.5 Å². The number of H-pyrrole nitrogens is 1. The number of aromatic amines is 1. The van der Waals surface area contributed by atoms with Gasteiger partial charge in [-0.3, -0.25) is 0 Å². The van der Waals surface area contributed by atoms with Crippen molar-refractivity contribution in [1.82, 2.24) is 30.2 Å². The molecule has 114 valence electrons. The first-order valence-corrected chi connectivity index (χ1v) is 8.27. The average molecular weight is 343 g/mol. The molecule has 0 atom stereocenters. The summed E-state index contributed by atoms with van der Waals surface area (Å²) in [6.07, 6.45) is 0. The molecule has 0 radical (unpaired) electrons. The Morgan fingerprint density at radius 1 is 1.09 bits per heavy atom. The predicted molar refractivity (Wildman–Crippen MR) is 89.8 cm³/mol. The van der Waals surface area contributed by atoms with Gasteiger partial charge >= 0.3 is 0 Å². The molecule has 0 saturated heterocycles. The molecule has 0 fully saturated rings. The van der Waals surface area contributed by atoms with Crippen LogP contribution in [0.2, 0.25) is 5.02 Å². The molecule has 6 nitrogen and oxygen atoms in total. The molecule has 8 heteroatoms. The number of aromatic nitrogens is 6. The van der Waals surface area contributed by atoms with Crippen molar-refractivity contribution in [2.45, 2.75) is 10.9 Å². The minimum atomic E-state index is 0.607. The molecule has 0 spiro atoms. The minimum Gasteiger partial charge on any atom is -0.333 e. The summed E-state index contributed by atoms with van der Waals surface area (Å²) in [7, 11) is 0. The number of thioether (sulfide) groups is 1. The van der Waals surface area contributed by atoms with Crippen LogP contribution in [0.1, 0.15) is 5.82 Å². The topological polar surface area (TPSA) is 72.3 Å². The molecule has 0 bridgehead atoms. The molecule has 4 rings (SSSR count). The highest BCUT2D eigenvalue weighted by molar-refractivity contribution is 7.98. The zero-order chi connectivity index (χ0) is 15.6. The van der Waals surface area contributed by atoms with Gasteiger partial charge in [-0.25, -0.2) is 4.98 Å². The van der Waals surface area contributed by atoms with E-state index in [1.807, 2.05) is 48.5 Å². The molecule has 0 saturated carbocycles. The predicted octanol–water partition coefficient (Wildman–Crippen LogP) is 3.48. The number of nitrogens with zero attached hydrogens (tertiary/aromatic N) is 5. The van der Waals surface area contributed by atoms with E-state index in [-0.39, 0.29) is 0 Å². The summed E-state index contributed by atoms with van der Waals surface area (Å²) in [6, 6.07) is 15.3. The Hall–Kier alpha value is -2.38. The van der Waals surface area contributed by atoms with Crippen LogP contribution in [0.3, 0.4) is 0 Å². The van der Waals surface area contributed by atoms with Crippen LogP contribution in [-0.4, -0.2) is 30.2 Å². The summed E-state index contributed by atoms with van der Waals surface area (Å²) in [5.74, 6) is 1.35. The fourth-order valence-electron chi connectivity index (χ4n) is 2.21. The van der Waals surface area contributed by atoms with Gasteiger partial charge < -0.3 is 4.98 Å². The van der Waals surface area contributed by atoms with Crippen molar-refractivity contribution in [3.8, 4) is 5.69 Å². The second-order valence-electron chi connectivity index (χ2n) is 4.83. The Morgan fingerprint density at radius 2 is 1.91 bits per heavy atom. The van der Waals surface area contributed by atoms with Crippen molar-refractivity contribution < 1.29 is 0 Å². The molecule has 0 aliphatic rings. The van der Waals surface area contributed by atoms with E-state index in [9.17, 15) is 0 Å². The van der Waals surface area contributed by atoms with E-state index >= 15 is 0 Å². The zero-order valence-corrected chi connectivity index (χ0v) is 13.4. The maximum Gasteiger partial charge on any atom is 0.167 e. The van der Waals surface area contributed by atoms with Crippen molar-refractivity contribution in [2.75, 3.05) is 0 Å². The van der Waals surface area contributed by atoms with E-state index < -0.39 is 0 Å². The largest absolute Gasteiger partial charge is 0.333 e. The summed E-state index contributed by atoms with van der Waals surface area (Å²) < 4.78 is 1.70. The van der Waals surface area contributed by atoms with Gasteiger partial charge in [0.05, 0.1) is 22.5 Å². The zero-order valence-electron chi connectivity index (χ0n) is 11.8. The van der Waals surface area contributed by atoms with Crippen LogP contribution in [0.5, 0.6) is 0 Å². The Labute approximate surface area is 140 Å². The van der Waals surface area contributed by atoms with Gasteiger partial charge in [-0.05, 0) is 46.8 Å². The van der Waals surface area contributed by atoms with E-state index in [0.717, 1.165) is 27.7 Å². The lowest BCUT2D eigenvalue weighted by molar-refractivity contribution is 0.777. The number of rotatable bonds is 4.